The Balaban J connectivity index is 1.86. The molecule has 2 N–H and O–H groups in total. The normalized spacial score (nSPS) is 13.1. The Labute approximate surface area is 125 Å². The maximum atomic E-state index is 12.5. The summed E-state index contributed by atoms with van der Waals surface area (Å²) in [5, 5.41) is 17.8. The van der Waals surface area contributed by atoms with Crippen molar-refractivity contribution in [2.45, 2.75) is 6.42 Å². The van der Waals surface area contributed by atoms with Crippen molar-refractivity contribution in [1.29, 1.82) is 0 Å². The van der Waals surface area contributed by atoms with Gasteiger partial charge >= 0.3 is 7.12 Å². The molecule has 0 saturated carbocycles. The Morgan fingerprint density at radius 2 is 1.81 bits per heavy atom. The Bertz CT molecular complexity index is 713. The highest BCUT2D eigenvalue weighted by molar-refractivity contribution is 7.18. The molecule has 7 heteroatoms. The Hall–Kier alpha value is -1.96. The number of thiophene rings is 1. The van der Waals surface area contributed by atoms with Gasteiger partial charge in [-0.2, -0.15) is 0 Å². The minimum absolute atomic E-state index is 0.167. The minimum atomic E-state index is -2.04. The number of carbonyl (C=O) groups is 2. The topological polar surface area (TPSA) is 77.8 Å². The van der Waals surface area contributed by atoms with Gasteiger partial charge in [0.2, 0.25) is 5.68 Å². The van der Waals surface area contributed by atoms with Crippen molar-refractivity contribution >= 4 is 35.7 Å². The zero-order valence-electron chi connectivity index (χ0n) is 11.0. The van der Waals surface area contributed by atoms with Gasteiger partial charge in [0, 0.05) is 12.2 Å². The van der Waals surface area contributed by atoms with E-state index in [-0.39, 0.29) is 10.8 Å². The third-order valence-electron chi connectivity index (χ3n) is 3.43. The molecule has 2 heterocycles. The number of hydrogen-bond donors (Lipinski definition) is 2. The molecule has 0 spiro atoms. The van der Waals surface area contributed by atoms with E-state index in [1.165, 1.54) is 6.07 Å². The molecule has 0 saturated heterocycles. The van der Waals surface area contributed by atoms with Crippen LogP contribution in [0.15, 0.2) is 36.4 Å². The number of hydrogen-bond acceptors (Lipinski definition) is 5. The minimum Gasteiger partial charge on any atom is -0.421 e. The second kappa shape index (κ2) is 5.44. The molecule has 1 amide bonds. The van der Waals surface area contributed by atoms with Crippen molar-refractivity contribution in [3.8, 4) is 0 Å². The van der Waals surface area contributed by atoms with Crippen molar-refractivity contribution in [1.82, 2.24) is 0 Å². The Morgan fingerprint density at radius 3 is 2.57 bits per heavy atom. The van der Waals surface area contributed by atoms with Gasteiger partial charge in [0.05, 0.1) is 9.75 Å². The highest BCUT2D eigenvalue weighted by atomic mass is 32.1. The molecular formula is C14H12BNO4S. The molecule has 21 heavy (non-hydrogen) atoms. The molecule has 3 rings (SSSR count). The van der Waals surface area contributed by atoms with E-state index in [0.29, 0.717) is 11.4 Å². The maximum Gasteiger partial charge on any atom is 0.533 e. The van der Waals surface area contributed by atoms with E-state index in [1.54, 1.807) is 11.0 Å². The van der Waals surface area contributed by atoms with E-state index in [4.69, 9.17) is 10.0 Å². The van der Waals surface area contributed by atoms with Gasteiger partial charge in [-0.3, -0.25) is 9.59 Å². The van der Waals surface area contributed by atoms with Crippen LogP contribution in [0.4, 0.5) is 5.69 Å². The highest BCUT2D eigenvalue weighted by Gasteiger charge is 2.28. The molecule has 0 bridgehead atoms. The summed E-state index contributed by atoms with van der Waals surface area (Å²) in [4.78, 5) is 26.3. The SMILES string of the molecule is O=C(B(O)O)c1ccc(C(=O)N2CCc3ccccc32)s1. The molecule has 1 aliphatic heterocycles. The first-order valence-corrected chi connectivity index (χ1v) is 7.29. The van der Waals surface area contributed by atoms with Crippen molar-refractivity contribution in [2.24, 2.45) is 0 Å². The number of benzene rings is 1. The lowest BCUT2D eigenvalue weighted by Gasteiger charge is -2.16. The van der Waals surface area contributed by atoms with Crippen LogP contribution in [0.3, 0.4) is 0 Å². The van der Waals surface area contributed by atoms with E-state index >= 15 is 0 Å². The van der Waals surface area contributed by atoms with Gasteiger partial charge in [0.15, 0.2) is 0 Å². The first kappa shape index (κ1) is 14.0. The van der Waals surface area contributed by atoms with Crippen LogP contribution < -0.4 is 4.90 Å². The van der Waals surface area contributed by atoms with Gasteiger partial charge in [-0.05, 0) is 30.2 Å². The Morgan fingerprint density at radius 1 is 1.10 bits per heavy atom. The molecule has 0 fully saturated rings. The van der Waals surface area contributed by atoms with E-state index < -0.39 is 12.8 Å². The van der Waals surface area contributed by atoms with E-state index in [1.807, 2.05) is 24.3 Å². The third-order valence-corrected chi connectivity index (χ3v) is 4.51. The van der Waals surface area contributed by atoms with Crippen molar-refractivity contribution in [3.05, 3.63) is 51.7 Å². The van der Waals surface area contributed by atoms with Crippen LogP contribution in [0, 0.1) is 0 Å². The molecule has 0 aliphatic carbocycles. The van der Waals surface area contributed by atoms with Gasteiger partial charge < -0.3 is 14.9 Å². The fourth-order valence-corrected chi connectivity index (χ4v) is 3.31. The lowest BCUT2D eigenvalue weighted by Crippen LogP contribution is -2.28. The number of rotatable bonds is 3. The maximum absolute atomic E-state index is 12.5. The lowest BCUT2D eigenvalue weighted by atomic mass is 9.84. The molecule has 2 aromatic rings. The van der Waals surface area contributed by atoms with Gasteiger partial charge in [-0.1, -0.05) is 18.2 Å². The lowest BCUT2D eigenvalue weighted by molar-refractivity contribution is 0.0992. The summed E-state index contributed by atoms with van der Waals surface area (Å²) in [6.07, 6.45) is 0.814. The van der Waals surface area contributed by atoms with Gasteiger partial charge in [0.1, 0.15) is 0 Å². The van der Waals surface area contributed by atoms with E-state index in [9.17, 15) is 9.59 Å². The summed E-state index contributed by atoms with van der Waals surface area (Å²) >= 11 is 0.978. The fraction of sp³-hybridized carbons (Fsp3) is 0.143. The van der Waals surface area contributed by atoms with Gasteiger partial charge in [-0.25, -0.2) is 0 Å². The first-order valence-electron chi connectivity index (χ1n) is 6.48. The molecule has 1 aliphatic rings. The van der Waals surface area contributed by atoms with Crippen LogP contribution in [0.2, 0.25) is 0 Å². The number of amides is 1. The second-order valence-electron chi connectivity index (χ2n) is 4.74. The number of fused-ring (bicyclic) bond motifs is 1. The quantitative estimate of drug-likeness (QED) is 0.834. The van der Waals surface area contributed by atoms with Crippen LogP contribution in [-0.2, 0) is 6.42 Å². The summed E-state index contributed by atoms with van der Waals surface area (Å²) in [5.74, 6) is -0.170. The predicted octanol–water partition coefficient (Wildman–Crippen LogP) is 1.15. The first-order chi connectivity index (χ1) is 10.1. The monoisotopic (exact) mass is 301 g/mol. The molecule has 0 atom stereocenters. The standard InChI is InChI=1S/C14H12BNO4S/c17-13(15(19)20)11-5-6-12(21-11)14(18)16-8-7-9-3-1-2-4-10(9)16/h1-6,19-20H,7-8H2. The Kier molecular flexibility index (Phi) is 3.63. The molecule has 0 unspecified atom stereocenters. The largest absolute Gasteiger partial charge is 0.533 e. The summed E-state index contributed by atoms with van der Waals surface area (Å²) < 4.78 is 0. The summed E-state index contributed by atoms with van der Waals surface area (Å²) in [5.41, 5.74) is 1.23. The van der Waals surface area contributed by atoms with Crippen LogP contribution in [0.5, 0.6) is 0 Å². The molecule has 106 valence electrons. The molecule has 5 nitrogen and oxygen atoms in total. The number of nitrogens with zero attached hydrogens (tertiary/aromatic N) is 1. The number of carbonyl (C=O) groups excluding carboxylic acids is 2. The smallest absolute Gasteiger partial charge is 0.421 e. The molecular weight excluding hydrogens is 289 g/mol. The number of anilines is 1. The fourth-order valence-electron chi connectivity index (χ4n) is 2.39. The van der Waals surface area contributed by atoms with Crippen LogP contribution in [0.1, 0.15) is 24.9 Å². The summed E-state index contributed by atoms with van der Waals surface area (Å²) in [6.45, 7) is 0.613. The zero-order chi connectivity index (χ0) is 15.0. The molecule has 1 aromatic heterocycles. The number of para-hydroxylation sites is 1. The summed E-state index contributed by atoms with van der Waals surface area (Å²) in [6, 6.07) is 10.7. The summed E-state index contributed by atoms with van der Waals surface area (Å²) in [7, 11) is -2.04. The van der Waals surface area contributed by atoms with E-state index in [2.05, 4.69) is 0 Å². The van der Waals surface area contributed by atoms with Gasteiger partial charge in [-0.15, -0.1) is 11.3 Å². The third kappa shape index (κ3) is 2.51. The molecule has 0 radical (unpaired) electrons. The zero-order valence-corrected chi connectivity index (χ0v) is 11.8. The van der Waals surface area contributed by atoms with Crippen molar-refractivity contribution in [3.63, 3.8) is 0 Å². The van der Waals surface area contributed by atoms with Crippen LogP contribution >= 0.6 is 11.3 Å². The van der Waals surface area contributed by atoms with Crippen molar-refractivity contribution < 1.29 is 19.6 Å². The molecule has 1 aromatic carbocycles. The average Bonchev–Trinajstić information content (AvgIpc) is 3.12. The van der Waals surface area contributed by atoms with Crippen LogP contribution in [-0.4, -0.2) is 35.3 Å². The van der Waals surface area contributed by atoms with E-state index in [0.717, 1.165) is 29.0 Å². The van der Waals surface area contributed by atoms with Crippen LogP contribution in [0.25, 0.3) is 0 Å². The van der Waals surface area contributed by atoms with Crippen molar-refractivity contribution in [2.75, 3.05) is 11.4 Å². The predicted molar refractivity (Wildman–Crippen MR) is 80.7 cm³/mol. The second-order valence-corrected chi connectivity index (χ2v) is 5.82. The average molecular weight is 301 g/mol. The highest BCUT2D eigenvalue weighted by Crippen LogP contribution is 2.30. The van der Waals surface area contributed by atoms with Gasteiger partial charge in [0.25, 0.3) is 5.91 Å².